The van der Waals surface area contributed by atoms with Gasteiger partial charge in [0.1, 0.15) is 12.4 Å². The lowest BCUT2D eigenvalue weighted by atomic mass is 9.84. The van der Waals surface area contributed by atoms with Crippen molar-refractivity contribution in [1.82, 2.24) is 15.4 Å². The maximum absolute atomic E-state index is 13.0. The molecule has 1 fully saturated rings. The molecule has 3 N–H and O–H groups in total. The summed E-state index contributed by atoms with van der Waals surface area (Å²) in [6, 6.07) is 16.0. The minimum absolute atomic E-state index is 0.0878. The van der Waals surface area contributed by atoms with Crippen LogP contribution < -0.4 is 15.5 Å². The van der Waals surface area contributed by atoms with E-state index in [1.54, 1.807) is 24.3 Å². The first-order valence-corrected chi connectivity index (χ1v) is 12.4. The summed E-state index contributed by atoms with van der Waals surface area (Å²) in [7, 11) is 0. The number of hydroxylamine groups is 1. The van der Waals surface area contributed by atoms with Crippen LogP contribution in [0.3, 0.4) is 0 Å². The normalized spacial score (nSPS) is 17.0. The number of carboxylic acid groups (broad SMARTS) is 1. The quantitative estimate of drug-likeness (QED) is 0.377. The number of carbonyl (C=O) groups is 4. The summed E-state index contributed by atoms with van der Waals surface area (Å²) in [5.41, 5.74) is 4.38. The predicted molar refractivity (Wildman–Crippen MR) is 137 cm³/mol. The average molecular weight is 575 g/mol. The molecule has 1 aromatic heterocycles. The lowest BCUT2D eigenvalue weighted by Gasteiger charge is -2.35. The Kier molecular flexibility index (Phi) is 8.59. The molecule has 0 aliphatic carbocycles. The summed E-state index contributed by atoms with van der Waals surface area (Å²) >= 11 is 0. The molecular weight excluding hydrogens is 549 g/mol. The summed E-state index contributed by atoms with van der Waals surface area (Å²) in [4.78, 5) is 57.0. The van der Waals surface area contributed by atoms with Crippen LogP contribution in [0.4, 0.5) is 23.7 Å². The SMILES string of the molecule is Cc1cc(COc2ccc(NC(=O)C3CCN(C(=O)O)CC3C(=O)NOC(=O)C(F)(F)F)cc2)c2ccccc2n1. The zero-order valence-electron chi connectivity index (χ0n) is 21.6. The molecule has 2 heterocycles. The van der Waals surface area contributed by atoms with Gasteiger partial charge in [-0.05, 0) is 49.7 Å². The Hall–Kier alpha value is -4.88. The van der Waals surface area contributed by atoms with Crippen molar-refractivity contribution in [3.05, 3.63) is 65.9 Å². The number of likely N-dealkylation sites (tertiary alicyclic amines) is 1. The Morgan fingerprint density at radius 2 is 1.76 bits per heavy atom. The van der Waals surface area contributed by atoms with Crippen LogP contribution in [0.15, 0.2) is 54.6 Å². The fraction of sp³-hybridized carbons (Fsp3) is 0.296. The topological polar surface area (TPSA) is 147 Å². The van der Waals surface area contributed by atoms with Gasteiger partial charge in [-0.2, -0.15) is 18.7 Å². The molecule has 41 heavy (non-hydrogen) atoms. The third kappa shape index (κ3) is 7.21. The minimum Gasteiger partial charge on any atom is -0.489 e. The Morgan fingerprint density at radius 3 is 2.44 bits per heavy atom. The molecule has 1 saturated heterocycles. The second-order valence-corrected chi connectivity index (χ2v) is 9.33. The molecule has 14 heteroatoms. The number of para-hydroxylation sites is 1. The van der Waals surface area contributed by atoms with Gasteiger partial charge in [-0.15, -0.1) is 0 Å². The highest BCUT2D eigenvalue weighted by atomic mass is 19.4. The van der Waals surface area contributed by atoms with Gasteiger partial charge in [-0.25, -0.2) is 9.59 Å². The van der Waals surface area contributed by atoms with Crippen molar-refractivity contribution < 1.29 is 47.0 Å². The predicted octanol–water partition coefficient (Wildman–Crippen LogP) is 3.81. The van der Waals surface area contributed by atoms with E-state index in [0.29, 0.717) is 11.4 Å². The van der Waals surface area contributed by atoms with Gasteiger partial charge in [-0.3, -0.25) is 14.6 Å². The third-order valence-corrected chi connectivity index (χ3v) is 6.48. The number of carbonyl (C=O) groups excluding carboxylic acids is 3. The maximum atomic E-state index is 13.0. The number of alkyl halides is 3. The first-order valence-electron chi connectivity index (χ1n) is 12.4. The van der Waals surface area contributed by atoms with Crippen molar-refractivity contribution in [2.24, 2.45) is 11.8 Å². The van der Waals surface area contributed by atoms with Crippen molar-refractivity contribution in [2.45, 2.75) is 26.1 Å². The Balaban J connectivity index is 1.40. The number of ether oxygens (including phenoxy) is 1. The summed E-state index contributed by atoms with van der Waals surface area (Å²) < 4.78 is 43.1. The number of aryl methyl sites for hydroxylation is 1. The highest BCUT2D eigenvalue weighted by Crippen LogP contribution is 2.27. The molecule has 2 atom stereocenters. The number of benzene rings is 2. The lowest BCUT2D eigenvalue weighted by molar-refractivity contribution is -0.208. The zero-order valence-corrected chi connectivity index (χ0v) is 21.6. The van der Waals surface area contributed by atoms with Crippen LogP contribution in [0.25, 0.3) is 10.9 Å². The molecular formula is C27H25F3N4O7. The van der Waals surface area contributed by atoms with Crippen LogP contribution in [0.5, 0.6) is 5.75 Å². The number of pyridine rings is 1. The van der Waals surface area contributed by atoms with Gasteiger partial charge in [0.25, 0.3) is 5.91 Å². The molecule has 0 radical (unpaired) electrons. The summed E-state index contributed by atoms with van der Waals surface area (Å²) in [6.07, 6.45) is -6.83. The number of halogens is 3. The molecule has 3 amide bonds. The minimum atomic E-state index is -5.36. The van der Waals surface area contributed by atoms with Crippen molar-refractivity contribution >= 4 is 40.5 Å². The van der Waals surface area contributed by atoms with Crippen LogP contribution in [-0.2, 0) is 25.8 Å². The van der Waals surface area contributed by atoms with E-state index in [1.165, 1.54) is 5.48 Å². The van der Waals surface area contributed by atoms with Gasteiger partial charge >= 0.3 is 18.2 Å². The molecule has 0 spiro atoms. The Labute approximate surface area is 231 Å². The lowest BCUT2D eigenvalue weighted by Crippen LogP contribution is -2.52. The van der Waals surface area contributed by atoms with Gasteiger partial charge in [0.2, 0.25) is 5.91 Å². The van der Waals surface area contributed by atoms with E-state index in [2.05, 4.69) is 15.1 Å². The van der Waals surface area contributed by atoms with Crippen LogP contribution in [-0.4, -0.2) is 58.1 Å². The largest absolute Gasteiger partial charge is 0.493 e. The number of amides is 3. The molecule has 1 aliphatic rings. The highest BCUT2D eigenvalue weighted by molar-refractivity contribution is 5.96. The summed E-state index contributed by atoms with van der Waals surface area (Å²) in [6.45, 7) is 1.59. The first kappa shape index (κ1) is 29.1. The first-order chi connectivity index (χ1) is 19.4. The fourth-order valence-electron chi connectivity index (χ4n) is 4.48. The van der Waals surface area contributed by atoms with E-state index in [1.807, 2.05) is 37.3 Å². The molecule has 1 aliphatic heterocycles. The number of hydrogen-bond donors (Lipinski definition) is 3. The van der Waals surface area contributed by atoms with Crippen LogP contribution in [0.2, 0.25) is 0 Å². The third-order valence-electron chi connectivity index (χ3n) is 6.48. The van der Waals surface area contributed by atoms with Gasteiger partial charge in [0, 0.05) is 35.4 Å². The van der Waals surface area contributed by atoms with Crippen molar-refractivity contribution in [3.63, 3.8) is 0 Å². The number of nitrogens with zero attached hydrogens (tertiary/aromatic N) is 2. The molecule has 2 aromatic carbocycles. The van der Waals surface area contributed by atoms with Gasteiger partial charge in [0.05, 0.1) is 17.4 Å². The standard InChI is InChI=1S/C27H25F3N4O7/c1-15-12-16(19-4-2-3-5-22(19)31-15)14-40-18-8-6-17(7-9-18)32-23(35)20-10-11-34(26(38)39)13-21(20)24(36)33-41-25(37)27(28,29)30/h2-9,12,20-21H,10-11,13-14H2,1H3,(H,32,35)(H,33,36)(H,38,39). The fourth-order valence-corrected chi connectivity index (χ4v) is 4.48. The molecule has 4 rings (SSSR count). The molecule has 216 valence electrons. The van der Waals surface area contributed by atoms with Gasteiger partial charge in [0.15, 0.2) is 0 Å². The summed E-state index contributed by atoms with van der Waals surface area (Å²) in [5, 5.41) is 12.9. The molecule has 0 saturated carbocycles. The van der Waals surface area contributed by atoms with E-state index in [-0.39, 0.29) is 19.6 Å². The van der Waals surface area contributed by atoms with Crippen molar-refractivity contribution in [2.75, 3.05) is 18.4 Å². The van der Waals surface area contributed by atoms with Crippen LogP contribution >= 0.6 is 0 Å². The van der Waals surface area contributed by atoms with Gasteiger partial charge in [-0.1, -0.05) is 18.2 Å². The number of fused-ring (bicyclic) bond motifs is 1. The van der Waals surface area contributed by atoms with E-state index < -0.39 is 48.4 Å². The second-order valence-electron chi connectivity index (χ2n) is 9.33. The molecule has 11 nitrogen and oxygen atoms in total. The van der Waals surface area contributed by atoms with E-state index in [9.17, 15) is 37.5 Å². The highest BCUT2D eigenvalue weighted by Gasteiger charge is 2.44. The van der Waals surface area contributed by atoms with Crippen LogP contribution in [0, 0.1) is 18.8 Å². The molecule has 0 bridgehead atoms. The number of anilines is 1. The zero-order chi connectivity index (χ0) is 29.7. The number of piperidine rings is 1. The van der Waals surface area contributed by atoms with E-state index >= 15 is 0 Å². The Morgan fingerprint density at radius 1 is 1.05 bits per heavy atom. The average Bonchev–Trinajstić information content (AvgIpc) is 2.94. The smallest absolute Gasteiger partial charge is 0.489 e. The second kappa shape index (κ2) is 12.1. The van der Waals surface area contributed by atoms with Crippen molar-refractivity contribution in [1.29, 1.82) is 0 Å². The number of aromatic nitrogens is 1. The Bertz CT molecular complexity index is 1460. The van der Waals surface area contributed by atoms with E-state index in [0.717, 1.165) is 27.1 Å². The van der Waals surface area contributed by atoms with Crippen LogP contribution in [0.1, 0.15) is 17.7 Å². The summed E-state index contributed by atoms with van der Waals surface area (Å²) in [5.74, 6) is -6.58. The molecule has 2 unspecified atom stereocenters. The monoisotopic (exact) mass is 574 g/mol. The van der Waals surface area contributed by atoms with Crippen molar-refractivity contribution in [3.8, 4) is 5.75 Å². The van der Waals surface area contributed by atoms with E-state index in [4.69, 9.17) is 4.74 Å². The number of nitrogens with one attached hydrogen (secondary N) is 2. The number of hydrogen-bond acceptors (Lipinski definition) is 7. The van der Waals surface area contributed by atoms with Gasteiger partial charge < -0.3 is 24.9 Å². The number of rotatable bonds is 6. The maximum Gasteiger partial charge on any atom is 0.493 e. The molecule has 3 aromatic rings.